The van der Waals surface area contributed by atoms with E-state index in [9.17, 15) is 0 Å². The van der Waals surface area contributed by atoms with Crippen LogP contribution in [0.25, 0.3) is 5.69 Å². The fourth-order valence-corrected chi connectivity index (χ4v) is 2.91. The van der Waals surface area contributed by atoms with Crippen molar-refractivity contribution in [3.8, 4) is 5.69 Å². The zero-order chi connectivity index (χ0) is 10.1. The molecule has 0 saturated heterocycles. The lowest BCUT2D eigenvalue weighted by molar-refractivity contribution is -0.800. The van der Waals surface area contributed by atoms with E-state index in [-0.39, 0.29) is 0 Å². The number of rotatable bonds is 1. The van der Waals surface area contributed by atoms with E-state index in [2.05, 4.69) is 52.0 Å². The molecule has 0 bridgehead atoms. The van der Waals surface area contributed by atoms with E-state index in [0.717, 1.165) is 6.54 Å². The fraction of sp³-hybridized carbons (Fsp3) is 0.250. The van der Waals surface area contributed by atoms with E-state index < -0.39 is 0 Å². The van der Waals surface area contributed by atoms with Crippen molar-refractivity contribution in [1.82, 2.24) is 4.68 Å². The van der Waals surface area contributed by atoms with Gasteiger partial charge in [0, 0.05) is 18.2 Å². The lowest BCUT2D eigenvalue weighted by atomic mass is 10.3. The van der Waals surface area contributed by atoms with Gasteiger partial charge in [-0.2, -0.15) is 0 Å². The van der Waals surface area contributed by atoms with Crippen LogP contribution in [0.2, 0.25) is 0 Å². The average molecular weight is 217 g/mol. The van der Waals surface area contributed by atoms with Gasteiger partial charge in [0.25, 0.3) is 5.03 Å². The van der Waals surface area contributed by atoms with Gasteiger partial charge in [-0.1, -0.05) is 34.6 Å². The van der Waals surface area contributed by atoms with E-state index in [0.29, 0.717) is 0 Å². The predicted octanol–water partition coefficient (Wildman–Crippen LogP) is 2.26. The third-order valence-electron chi connectivity index (χ3n) is 2.66. The average Bonchev–Trinajstić information content (AvgIpc) is 2.74. The molecule has 1 aromatic heterocycles. The molecular weight excluding hydrogens is 204 g/mol. The summed E-state index contributed by atoms with van der Waals surface area (Å²) in [6.07, 6.45) is 3.42. The second-order valence-electron chi connectivity index (χ2n) is 3.66. The van der Waals surface area contributed by atoms with Crippen molar-refractivity contribution in [3.05, 3.63) is 42.6 Å². The Labute approximate surface area is 93.5 Å². The SMILES string of the molecule is c1ccc(-n2ccc3[n+]2CCCS3)cc1. The Hall–Kier alpha value is -1.22. The van der Waals surface area contributed by atoms with Crippen molar-refractivity contribution in [1.29, 1.82) is 0 Å². The first kappa shape index (κ1) is 9.04. The topological polar surface area (TPSA) is 8.81 Å². The van der Waals surface area contributed by atoms with Crippen LogP contribution in [0.3, 0.4) is 0 Å². The van der Waals surface area contributed by atoms with Gasteiger partial charge in [-0.05, 0) is 12.1 Å². The Morgan fingerprint density at radius 1 is 1.13 bits per heavy atom. The van der Waals surface area contributed by atoms with Crippen LogP contribution in [0.1, 0.15) is 6.42 Å². The van der Waals surface area contributed by atoms with Crippen LogP contribution in [-0.4, -0.2) is 10.4 Å². The third kappa shape index (κ3) is 1.57. The summed E-state index contributed by atoms with van der Waals surface area (Å²) >= 11 is 1.95. The zero-order valence-electron chi connectivity index (χ0n) is 8.47. The molecule has 2 nitrogen and oxygen atoms in total. The number of aromatic nitrogens is 2. The van der Waals surface area contributed by atoms with Gasteiger partial charge in [0.15, 0.2) is 6.54 Å². The fourth-order valence-electron chi connectivity index (χ4n) is 1.94. The first-order chi connectivity index (χ1) is 7.45. The molecule has 0 N–H and O–H groups in total. The van der Waals surface area contributed by atoms with Crippen molar-refractivity contribution in [3.63, 3.8) is 0 Å². The summed E-state index contributed by atoms with van der Waals surface area (Å²) in [5.41, 5.74) is 1.24. The summed E-state index contributed by atoms with van der Waals surface area (Å²) in [4.78, 5) is 0. The standard InChI is InChI=1S/C12H13N2S/c1-2-5-11(6-3-1)13-9-7-12-14(13)8-4-10-15-12/h1-3,5-7,9H,4,8,10H2/q+1. The highest BCUT2D eigenvalue weighted by Gasteiger charge is 2.22. The molecule has 2 aromatic rings. The van der Waals surface area contributed by atoms with Gasteiger partial charge in [-0.25, -0.2) is 0 Å². The highest BCUT2D eigenvalue weighted by atomic mass is 32.2. The lowest BCUT2D eigenvalue weighted by Gasteiger charge is -2.08. The molecule has 1 aliphatic heterocycles. The second kappa shape index (κ2) is 3.74. The quantitative estimate of drug-likeness (QED) is 0.666. The largest absolute Gasteiger partial charge is 0.266 e. The van der Waals surface area contributed by atoms with Gasteiger partial charge in [0.05, 0.1) is 6.20 Å². The first-order valence-corrected chi connectivity index (χ1v) is 6.23. The molecule has 0 amide bonds. The molecule has 2 heterocycles. The van der Waals surface area contributed by atoms with Crippen molar-refractivity contribution in [2.45, 2.75) is 18.0 Å². The molecule has 1 aromatic carbocycles. The third-order valence-corrected chi connectivity index (χ3v) is 3.79. The highest BCUT2D eigenvalue weighted by Crippen LogP contribution is 2.20. The Morgan fingerprint density at radius 2 is 2.00 bits per heavy atom. The van der Waals surface area contributed by atoms with Crippen molar-refractivity contribution >= 4 is 11.8 Å². The Bertz CT molecular complexity index is 462. The monoisotopic (exact) mass is 217 g/mol. The van der Waals surface area contributed by atoms with Gasteiger partial charge < -0.3 is 0 Å². The maximum absolute atomic E-state index is 2.35. The van der Waals surface area contributed by atoms with Gasteiger partial charge >= 0.3 is 0 Å². The Kier molecular flexibility index (Phi) is 2.25. The summed E-state index contributed by atoms with van der Waals surface area (Å²) in [6, 6.07) is 12.7. The Balaban J connectivity index is 2.09. The molecule has 0 fully saturated rings. The maximum atomic E-state index is 2.35. The number of thioether (sulfide) groups is 1. The molecule has 0 aliphatic carbocycles. The zero-order valence-corrected chi connectivity index (χ0v) is 9.28. The molecule has 0 radical (unpaired) electrons. The van der Waals surface area contributed by atoms with Crippen LogP contribution >= 0.6 is 11.8 Å². The molecule has 1 aliphatic rings. The van der Waals surface area contributed by atoms with Gasteiger partial charge in [0.1, 0.15) is 5.69 Å². The smallest absolute Gasteiger partial charge is 0.127 e. The van der Waals surface area contributed by atoms with Crippen LogP contribution in [0.5, 0.6) is 0 Å². The molecule has 0 unspecified atom stereocenters. The molecule has 0 atom stereocenters. The number of hydrogen-bond acceptors (Lipinski definition) is 1. The number of benzene rings is 1. The highest BCUT2D eigenvalue weighted by molar-refractivity contribution is 7.99. The minimum Gasteiger partial charge on any atom is -0.127 e. The number of nitrogens with zero attached hydrogens (tertiary/aromatic N) is 2. The molecule has 15 heavy (non-hydrogen) atoms. The summed E-state index contributed by atoms with van der Waals surface area (Å²) in [5, 5.41) is 1.38. The maximum Gasteiger partial charge on any atom is 0.266 e. The van der Waals surface area contributed by atoms with Crippen molar-refractivity contribution in [2.75, 3.05) is 5.75 Å². The van der Waals surface area contributed by atoms with Crippen LogP contribution in [-0.2, 0) is 6.54 Å². The summed E-state index contributed by atoms with van der Waals surface area (Å²) in [6.45, 7) is 1.13. The van der Waals surface area contributed by atoms with E-state index in [1.807, 2.05) is 11.8 Å². The molecular formula is C12H13N2S+. The van der Waals surface area contributed by atoms with Gasteiger partial charge in [-0.15, -0.1) is 4.68 Å². The van der Waals surface area contributed by atoms with E-state index in [4.69, 9.17) is 0 Å². The van der Waals surface area contributed by atoms with Crippen LogP contribution in [0, 0.1) is 0 Å². The summed E-state index contributed by atoms with van der Waals surface area (Å²) in [5.74, 6) is 1.25. The minimum atomic E-state index is 1.13. The predicted molar refractivity (Wildman–Crippen MR) is 61.3 cm³/mol. The van der Waals surface area contributed by atoms with Crippen molar-refractivity contribution < 1.29 is 4.68 Å². The van der Waals surface area contributed by atoms with Gasteiger partial charge in [-0.3, -0.25) is 0 Å². The minimum absolute atomic E-state index is 1.13. The first-order valence-electron chi connectivity index (χ1n) is 5.25. The van der Waals surface area contributed by atoms with Gasteiger partial charge in [0.2, 0.25) is 0 Å². The number of fused-ring (bicyclic) bond motifs is 1. The van der Waals surface area contributed by atoms with Crippen molar-refractivity contribution in [2.24, 2.45) is 0 Å². The lowest BCUT2D eigenvalue weighted by Crippen LogP contribution is -2.45. The molecule has 76 valence electrons. The van der Waals surface area contributed by atoms with Crippen LogP contribution < -0.4 is 4.68 Å². The Morgan fingerprint density at radius 3 is 2.87 bits per heavy atom. The molecule has 3 heteroatoms. The normalized spacial score (nSPS) is 14.9. The molecule has 3 rings (SSSR count). The van der Waals surface area contributed by atoms with E-state index in [1.54, 1.807) is 0 Å². The second-order valence-corrected chi connectivity index (χ2v) is 4.77. The van der Waals surface area contributed by atoms with Crippen LogP contribution in [0.15, 0.2) is 47.6 Å². The van der Waals surface area contributed by atoms with E-state index in [1.165, 1.54) is 22.9 Å². The number of para-hydroxylation sites is 1. The molecule has 0 saturated carbocycles. The number of hydrogen-bond donors (Lipinski definition) is 0. The van der Waals surface area contributed by atoms with Crippen LogP contribution in [0.4, 0.5) is 0 Å². The summed E-state index contributed by atoms with van der Waals surface area (Å²) < 4.78 is 4.59. The summed E-state index contributed by atoms with van der Waals surface area (Å²) in [7, 11) is 0. The van der Waals surface area contributed by atoms with E-state index >= 15 is 0 Å². The molecule has 0 spiro atoms.